The molecule has 3 aliphatic rings. The van der Waals surface area contributed by atoms with Crippen molar-refractivity contribution in [3.8, 4) is 22.3 Å². The van der Waals surface area contributed by atoms with E-state index < -0.39 is 0 Å². The van der Waals surface area contributed by atoms with E-state index in [0.29, 0.717) is 5.92 Å². The Labute approximate surface area is 260 Å². The first-order valence-electron chi connectivity index (χ1n) is 15.6. The monoisotopic (exact) mass is 571 g/mol. The Morgan fingerprint density at radius 2 is 1.36 bits per heavy atom. The first kappa shape index (κ1) is 26.7. The number of para-hydroxylation sites is 3. The van der Waals surface area contributed by atoms with Crippen LogP contribution in [0.25, 0.3) is 22.3 Å². The number of nitrogens with one attached hydrogen (secondary N) is 1. The molecule has 3 aliphatic heterocycles. The summed E-state index contributed by atoms with van der Waals surface area (Å²) in [5, 5.41) is 3.83. The number of dihydropyridines is 1. The van der Waals surface area contributed by atoms with Gasteiger partial charge in [-0.2, -0.15) is 0 Å². The largest absolute Gasteiger partial charge is 0.358 e. The molecule has 0 radical (unpaired) electrons. The second-order valence-corrected chi connectivity index (χ2v) is 13.4. The molecular formula is C41H37N3. The molecule has 5 aromatic carbocycles. The van der Waals surface area contributed by atoms with Crippen molar-refractivity contribution in [3.63, 3.8) is 0 Å². The van der Waals surface area contributed by atoms with Gasteiger partial charge in [0, 0.05) is 52.1 Å². The van der Waals surface area contributed by atoms with Crippen LogP contribution in [0.1, 0.15) is 44.4 Å². The molecule has 0 spiro atoms. The fraction of sp³-hybridized carbons (Fsp3) is 0.195. The normalized spacial score (nSPS) is 18.7. The number of anilines is 4. The molecule has 0 aliphatic carbocycles. The summed E-state index contributed by atoms with van der Waals surface area (Å²) in [6.07, 6.45) is 4.09. The van der Waals surface area contributed by atoms with E-state index in [2.05, 4.69) is 164 Å². The number of allylic oxidation sites excluding steroid dienone is 1. The molecule has 3 heterocycles. The van der Waals surface area contributed by atoms with Crippen LogP contribution < -0.4 is 10.2 Å². The summed E-state index contributed by atoms with van der Waals surface area (Å²) in [4.78, 5) is 7.00. The molecule has 3 heteroatoms. The van der Waals surface area contributed by atoms with Crippen LogP contribution in [0.15, 0.2) is 132 Å². The van der Waals surface area contributed by atoms with Crippen molar-refractivity contribution in [2.45, 2.75) is 38.5 Å². The highest BCUT2D eigenvalue weighted by molar-refractivity contribution is 5.90. The standard InChI is InChI=1S/C41H37N3/c1-40(2)32-17-8-9-19-37(32)44(30-14-6-5-7-15-30)38-21-20-28(25-34(38)40)27-12-10-13-29(24-27)31-16-11-18-33-39(31)43-36-22-23-42-26-35(36)41(33,3)4/h5-25,35,43H,26H2,1-4H3. The van der Waals surface area contributed by atoms with E-state index in [-0.39, 0.29) is 10.8 Å². The minimum Gasteiger partial charge on any atom is -0.358 e. The van der Waals surface area contributed by atoms with Crippen LogP contribution in [0, 0.1) is 5.92 Å². The van der Waals surface area contributed by atoms with E-state index in [1.807, 2.05) is 6.21 Å². The van der Waals surface area contributed by atoms with E-state index in [1.165, 1.54) is 67.4 Å². The van der Waals surface area contributed by atoms with Gasteiger partial charge in [0.05, 0.1) is 11.4 Å². The number of rotatable bonds is 3. The van der Waals surface area contributed by atoms with Crippen LogP contribution in [0.5, 0.6) is 0 Å². The number of benzene rings is 5. The molecule has 0 fully saturated rings. The van der Waals surface area contributed by atoms with Crippen molar-refractivity contribution in [2.75, 3.05) is 16.8 Å². The lowest BCUT2D eigenvalue weighted by Gasteiger charge is -2.43. The topological polar surface area (TPSA) is 27.6 Å². The number of nitrogens with zero attached hydrogens (tertiary/aromatic N) is 2. The van der Waals surface area contributed by atoms with Gasteiger partial charge in [0.15, 0.2) is 0 Å². The second-order valence-electron chi connectivity index (χ2n) is 13.4. The SMILES string of the molecule is CC1(C)c2ccccc2N(c2ccccc2)c2ccc(-c3cccc(-c4cccc5c4NC4=CC=NCC4C5(C)C)c3)cc21. The van der Waals surface area contributed by atoms with Crippen molar-refractivity contribution in [1.29, 1.82) is 0 Å². The molecule has 8 rings (SSSR count). The maximum absolute atomic E-state index is 4.59. The van der Waals surface area contributed by atoms with Crippen molar-refractivity contribution >= 4 is 29.0 Å². The smallest absolute Gasteiger partial charge is 0.0503 e. The quantitative estimate of drug-likeness (QED) is 0.233. The lowest BCUT2D eigenvalue weighted by Crippen LogP contribution is -2.40. The van der Waals surface area contributed by atoms with Gasteiger partial charge in [-0.05, 0) is 75.9 Å². The zero-order valence-electron chi connectivity index (χ0n) is 25.8. The number of hydrogen-bond acceptors (Lipinski definition) is 3. The molecule has 216 valence electrons. The van der Waals surface area contributed by atoms with E-state index in [9.17, 15) is 0 Å². The second kappa shape index (κ2) is 9.82. The fourth-order valence-electron chi connectivity index (χ4n) is 7.66. The third-order valence-electron chi connectivity index (χ3n) is 10.2. The zero-order chi connectivity index (χ0) is 30.1. The molecule has 0 amide bonds. The molecular weight excluding hydrogens is 534 g/mol. The summed E-state index contributed by atoms with van der Waals surface area (Å²) in [5.74, 6) is 0.362. The molecule has 0 aromatic heterocycles. The Hall–Kier alpha value is -4.89. The molecule has 0 saturated heterocycles. The van der Waals surface area contributed by atoms with Crippen molar-refractivity contribution in [2.24, 2.45) is 10.9 Å². The van der Waals surface area contributed by atoms with Gasteiger partial charge >= 0.3 is 0 Å². The third kappa shape index (κ3) is 3.99. The predicted octanol–water partition coefficient (Wildman–Crippen LogP) is 10.4. The maximum atomic E-state index is 4.59. The summed E-state index contributed by atoms with van der Waals surface area (Å²) in [7, 11) is 0. The van der Waals surface area contributed by atoms with Gasteiger partial charge in [0.25, 0.3) is 0 Å². The Kier molecular flexibility index (Phi) is 5.96. The highest BCUT2D eigenvalue weighted by atomic mass is 15.2. The summed E-state index contributed by atoms with van der Waals surface area (Å²) in [6, 6.07) is 42.4. The Balaban J connectivity index is 1.24. The van der Waals surface area contributed by atoms with E-state index >= 15 is 0 Å². The van der Waals surface area contributed by atoms with Gasteiger partial charge in [-0.1, -0.05) is 107 Å². The number of aliphatic imine (C=N–C) groups is 1. The Morgan fingerprint density at radius 3 is 2.23 bits per heavy atom. The number of fused-ring (bicyclic) bond motifs is 4. The van der Waals surface area contributed by atoms with E-state index in [4.69, 9.17) is 0 Å². The minimum atomic E-state index is -0.146. The summed E-state index contributed by atoms with van der Waals surface area (Å²) < 4.78 is 0. The van der Waals surface area contributed by atoms with Crippen molar-refractivity contribution in [1.82, 2.24) is 0 Å². The van der Waals surface area contributed by atoms with Gasteiger partial charge in [-0.15, -0.1) is 0 Å². The average molecular weight is 572 g/mol. The van der Waals surface area contributed by atoms with Crippen molar-refractivity contribution in [3.05, 3.63) is 144 Å². The molecule has 44 heavy (non-hydrogen) atoms. The average Bonchev–Trinajstić information content (AvgIpc) is 3.05. The van der Waals surface area contributed by atoms with Gasteiger partial charge in [0.2, 0.25) is 0 Å². The van der Waals surface area contributed by atoms with Crippen LogP contribution in [0.2, 0.25) is 0 Å². The molecule has 0 bridgehead atoms. The Morgan fingerprint density at radius 1 is 0.659 bits per heavy atom. The van der Waals surface area contributed by atoms with Crippen molar-refractivity contribution < 1.29 is 0 Å². The summed E-state index contributed by atoms with van der Waals surface area (Å²) in [6.45, 7) is 10.3. The summed E-state index contributed by atoms with van der Waals surface area (Å²) >= 11 is 0. The van der Waals surface area contributed by atoms with Crippen LogP contribution in [0.4, 0.5) is 22.7 Å². The molecule has 1 N–H and O–H groups in total. The number of hydrogen-bond donors (Lipinski definition) is 1. The van der Waals surface area contributed by atoms with Gasteiger partial charge in [-0.25, -0.2) is 0 Å². The van der Waals surface area contributed by atoms with E-state index in [0.717, 1.165) is 6.54 Å². The third-order valence-corrected chi connectivity index (χ3v) is 10.2. The van der Waals surface area contributed by atoms with Gasteiger partial charge in [-0.3, -0.25) is 4.99 Å². The Bertz CT molecular complexity index is 1980. The van der Waals surface area contributed by atoms with E-state index in [1.54, 1.807) is 0 Å². The van der Waals surface area contributed by atoms with Crippen LogP contribution in [-0.2, 0) is 10.8 Å². The molecule has 3 nitrogen and oxygen atoms in total. The first-order chi connectivity index (χ1) is 21.3. The first-order valence-corrected chi connectivity index (χ1v) is 15.6. The highest BCUT2D eigenvalue weighted by Gasteiger charge is 2.41. The zero-order valence-corrected chi connectivity index (χ0v) is 25.8. The fourth-order valence-corrected chi connectivity index (χ4v) is 7.66. The molecule has 0 saturated carbocycles. The molecule has 1 unspecified atom stereocenters. The van der Waals surface area contributed by atoms with Gasteiger partial charge < -0.3 is 10.2 Å². The van der Waals surface area contributed by atoms with Crippen LogP contribution in [0.3, 0.4) is 0 Å². The minimum absolute atomic E-state index is 0.0111. The van der Waals surface area contributed by atoms with Gasteiger partial charge in [0.1, 0.15) is 0 Å². The molecule has 5 aromatic rings. The molecule has 1 atom stereocenters. The maximum Gasteiger partial charge on any atom is 0.0503 e. The lowest BCUT2D eigenvalue weighted by atomic mass is 9.67. The lowest BCUT2D eigenvalue weighted by molar-refractivity contribution is 0.364. The van der Waals surface area contributed by atoms with Crippen LogP contribution in [-0.4, -0.2) is 12.8 Å². The predicted molar refractivity (Wildman–Crippen MR) is 186 cm³/mol. The van der Waals surface area contributed by atoms with Crippen LogP contribution >= 0.6 is 0 Å². The highest BCUT2D eigenvalue weighted by Crippen LogP contribution is 2.53. The summed E-state index contributed by atoms with van der Waals surface area (Å²) in [5.41, 5.74) is 14.9.